The third kappa shape index (κ3) is 4.67. The van der Waals surface area contributed by atoms with Gasteiger partial charge in [0.1, 0.15) is 18.0 Å². The first-order valence-electron chi connectivity index (χ1n) is 11.3. The zero-order valence-corrected chi connectivity index (χ0v) is 18.5. The molecule has 1 amide bonds. The maximum atomic E-state index is 13.5. The van der Waals surface area contributed by atoms with Crippen LogP contribution in [-0.2, 0) is 4.79 Å². The lowest BCUT2D eigenvalue weighted by Gasteiger charge is -2.39. The van der Waals surface area contributed by atoms with Crippen molar-refractivity contribution in [1.29, 1.82) is 0 Å². The first kappa shape index (κ1) is 21.4. The lowest BCUT2D eigenvalue weighted by atomic mass is 10.0. The van der Waals surface area contributed by atoms with Crippen LogP contribution in [0.2, 0.25) is 0 Å². The molecule has 2 fully saturated rings. The molecule has 174 valence electrons. The highest BCUT2D eigenvalue weighted by molar-refractivity contribution is 5.78. The number of carbonyl (C=O) groups is 1. The largest absolute Gasteiger partial charge is 0.369 e. The van der Waals surface area contributed by atoms with Gasteiger partial charge in [0.25, 0.3) is 0 Å². The van der Waals surface area contributed by atoms with Crippen molar-refractivity contribution in [2.45, 2.75) is 38.6 Å². The van der Waals surface area contributed by atoms with E-state index in [2.05, 4.69) is 26.4 Å². The first-order chi connectivity index (χ1) is 15.9. The molecule has 2 aromatic carbocycles. The Morgan fingerprint density at radius 3 is 2.61 bits per heavy atom. The highest BCUT2D eigenvalue weighted by atomic mass is 19.1. The summed E-state index contributed by atoms with van der Waals surface area (Å²) in [6.07, 6.45) is 5.12. The van der Waals surface area contributed by atoms with Gasteiger partial charge in [0.15, 0.2) is 0 Å². The molecule has 9 heteroatoms. The summed E-state index contributed by atoms with van der Waals surface area (Å²) in [6.45, 7) is 4.66. The van der Waals surface area contributed by atoms with E-state index in [4.69, 9.17) is 0 Å². The number of likely N-dealkylation sites (tertiary alicyclic amines) is 1. The van der Waals surface area contributed by atoms with Crippen LogP contribution in [0.3, 0.4) is 0 Å². The number of carbonyl (C=O) groups excluding carboxylic acids is 1. The van der Waals surface area contributed by atoms with E-state index in [1.54, 1.807) is 0 Å². The summed E-state index contributed by atoms with van der Waals surface area (Å²) in [5, 5.41) is 7.50. The molecule has 1 unspecified atom stereocenters. The molecule has 0 saturated carbocycles. The van der Waals surface area contributed by atoms with Crippen molar-refractivity contribution in [3.05, 3.63) is 59.9 Å². The number of aromatic nitrogens is 3. The van der Waals surface area contributed by atoms with Gasteiger partial charge in [0.2, 0.25) is 11.9 Å². The third-order valence-corrected chi connectivity index (χ3v) is 6.23. The summed E-state index contributed by atoms with van der Waals surface area (Å²) in [7, 11) is 0. The number of benzene rings is 2. The minimum Gasteiger partial charge on any atom is -0.369 e. The van der Waals surface area contributed by atoms with Crippen LogP contribution >= 0.6 is 0 Å². The van der Waals surface area contributed by atoms with Crippen LogP contribution in [0.5, 0.6) is 0 Å². The number of anilines is 3. The van der Waals surface area contributed by atoms with Gasteiger partial charge in [-0.1, -0.05) is 0 Å². The minimum atomic E-state index is -0.672. The van der Waals surface area contributed by atoms with E-state index >= 15 is 0 Å². The normalized spacial score (nSPS) is 18.8. The van der Waals surface area contributed by atoms with Gasteiger partial charge in [-0.05, 0) is 62.1 Å². The third-order valence-electron chi connectivity index (χ3n) is 6.23. The zero-order valence-electron chi connectivity index (χ0n) is 18.5. The van der Waals surface area contributed by atoms with Crippen LogP contribution < -0.4 is 10.2 Å². The second-order valence-corrected chi connectivity index (χ2v) is 8.76. The highest BCUT2D eigenvalue weighted by Crippen LogP contribution is 2.29. The van der Waals surface area contributed by atoms with Crippen molar-refractivity contribution in [3.8, 4) is 5.69 Å². The SMILES string of the molecule is Cc1cc(Nc2ncn(-c3cc(F)cc(F)c3)n2)cc(N2CCCC(N3CCCC3=O)C2)c1.[HH]. The molecule has 0 aliphatic carbocycles. The summed E-state index contributed by atoms with van der Waals surface area (Å²) in [6, 6.07) is 9.66. The van der Waals surface area contributed by atoms with Crippen molar-refractivity contribution in [2.75, 3.05) is 29.9 Å². The molecule has 33 heavy (non-hydrogen) atoms. The van der Waals surface area contributed by atoms with Gasteiger partial charge in [-0.2, -0.15) is 4.98 Å². The van der Waals surface area contributed by atoms with E-state index < -0.39 is 11.6 Å². The molecule has 1 N–H and O–H groups in total. The predicted molar refractivity (Wildman–Crippen MR) is 124 cm³/mol. The van der Waals surface area contributed by atoms with Crippen LogP contribution in [0.1, 0.15) is 32.7 Å². The molecule has 0 radical (unpaired) electrons. The number of amides is 1. The van der Waals surface area contributed by atoms with Crippen molar-refractivity contribution in [2.24, 2.45) is 0 Å². The van der Waals surface area contributed by atoms with E-state index in [-0.39, 0.29) is 19.1 Å². The molecule has 2 saturated heterocycles. The number of hydrogen-bond acceptors (Lipinski definition) is 5. The molecular weight excluding hydrogens is 426 g/mol. The Morgan fingerprint density at radius 2 is 1.85 bits per heavy atom. The molecular formula is C24H28F2N6O. The second-order valence-electron chi connectivity index (χ2n) is 8.76. The maximum absolute atomic E-state index is 13.5. The molecule has 3 heterocycles. The Bertz CT molecular complexity index is 1170. The van der Waals surface area contributed by atoms with E-state index in [9.17, 15) is 13.6 Å². The number of hydrogen-bond donors (Lipinski definition) is 1. The van der Waals surface area contributed by atoms with Gasteiger partial charge in [-0.15, -0.1) is 5.10 Å². The van der Waals surface area contributed by atoms with Crippen LogP contribution in [0, 0.1) is 18.6 Å². The molecule has 2 aliphatic heterocycles. The minimum absolute atomic E-state index is 0. The smallest absolute Gasteiger partial charge is 0.246 e. The van der Waals surface area contributed by atoms with E-state index in [0.29, 0.717) is 12.4 Å². The van der Waals surface area contributed by atoms with Crippen LogP contribution in [0.15, 0.2) is 42.7 Å². The monoisotopic (exact) mass is 454 g/mol. The number of piperidine rings is 1. The van der Waals surface area contributed by atoms with E-state index in [0.717, 1.165) is 61.9 Å². The molecule has 1 atom stereocenters. The van der Waals surface area contributed by atoms with Crippen molar-refractivity contribution >= 4 is 23.2 Å². The Balaban J connectivity index is 0.00000274. The highest BCUT2D eigenvalue weighted by Gasteiger charge is 2.31. The molecule has 0 spiro atoms. The summed E-state index contributed by atoms with van der Waals surface area (Å²) in [5.74, 6) is -0.744. The van der Waals surface area contributed by atoms with Gasteiger partial charge in [0.05, 0.1) is 5.69 Å². The number of halogens is 2. The topological polar surface area (TPSA) is 66.3 Å². The van der Waals surface area contributed by atoms with Crippen molar-refractivity contribution in [1.82, 2.24) is 19.7 Å². The van der Waals surface area contributed by atoms with Crippen LogP contribution in [0.4, 0.5) is 26.1 Å². The molecule has 2 aliphatic rings. The number of rotatable bonds is 5. The summed E-state index contributed by atoms with van der Waals surface area (Å²) in [5.41, 5.74) is 3.25. The predicted octanol–water partition coefficient (Wildman–Crippen LogP) is 4.43. The Morgan fingerprint density at radius 1 is 1.03 bits per heavy atom. The molecule has 1 aromatic heterocycles. The van der Waals surface area contributed by atoms with Gasteiger partial charge >= 0.3 is 0 Å². The Labute approximate surface area is 192 Å². The lowest BCUT2D eigenvalue weighted by molar-refractivity contribution is -0.129. The van der Waals surface area contributed by atoms with Crippen molar-refractivity contribution < 1.29 is 15.0 Å². The quantitative estimate of drug-likeness (QED) is 0.618. The Kier molecular flexibility index (Phi) is 5.70. The second kappa shape index (κ2) is 8.80. The van der Waals surface area contributed by atoms with Crippen LogP contribution in [-0.4, -0.2) is 51.2 Å². The fraction of sp³-hybridized carbons (Fsp3) is 0.375. The van der Waals surface area contributed by atoms with Crippen molar-refractivity contribution in [3.63, 3.8) is 0 Å². The fourth-order valence-electron chi connectivity index (χ4n) is 4.76. The van der Waals surface area contributed by atoms with Gasteiger partial charge in [0, 0.05) is 51.0 Å². The zero-order chi connectivity index (χ0) is 22.9. The summed E-state index contributed by atoms with van der Waals surface area (Å²) < 4.78 is 28.4. The maximum Gasteiger partial charge on any atom is 0.246 e. The number of aryl methyl sites for hydroxylation is 1. The standard InChI is InChI=1S/C24H26F2N6O.H2/c1-16-8-19(28-24-27-15-32(29-24)22-11-17(25)10-18(26)12-22)13-21(9-16)30-6-2-4-20(14-30)31-7-3-5-23(31)33;/h8-13,15,20H,2-7,14H2,1H3,(H,28,29);1H. The average Bonchev–Trinajstić information content (AvgIpc) is 3.42. The van der Waals surface area contributed by atoms with Crippen LogP contribution in [0.25, 0.3) is 5.69 Å². The summed E-state index contributed by atoms with van der Waals surface area (Å²) >= 11 is 0. The average molecular weight is 455 g/mol. The fourth-order valence-corrected chi connectivity index (χ4v) is 4.76. The molecule has 5 rings (SSSR count). The van der Waals surface area contributed by atoms with E-state index in [1.165, 1.54) is 23.1 Å². The van der Waals surface area contributed by atoms with E-state index in [1.807, 2.05) is 24.0 Å². The summed E-state index contributed by atoms with van der Waals surface area (Å²) in [4.78, 5) is 20.8. The molecule has 3 aromatic rings. The molecule has 0 bridgehead atoms. The lowest BCUT2D eigenvalue weighted by Crippen LogP contribution is -2.48. The Hall–Kier alpha value is -3.49. The number of nitrogens with one attached hydrogen (secondary N) is 1. The number of nitrogens with zero attached hydrogens (tertiary/aromatic N) is 5. The molecule has 7 nitrogen and oxygen atoms in total. The van der Waals surface area contributed by atoms with Gasteiger partial charge < -0.3 is 15.1 Å². The van der Waals surface area contributed by atoms with Gasteiger partial charge in [-0.3, -0.25) is 4.79 Å². The first-order valence-corrected chi connectivity index (χ1v) is 11.3. The van der Waals surface area contributed by atoms with Gasteiger partial charge in [-0.25, -0.2) is 13.5 Å².